The summed E-state index contributed by atoms with van der Waals surface area (Å²) in [6, 6.07) is 1.79. The Bertz CT molecular complexity index is 545. The Kier molecular flexibility index (Phi) is 2.85. The Balaban J connectivity index is 2.81. The van der Waals surface area contributed by atoms with Crippen molar-refractivity contribution in [3.05, 3.63) is 33.1 Å². The van der Waals surface area contributed by atoms with Crippen LogP contribution >= 0.6 is 27.5 Å². The van der Waals surface area contributed by atoms with Crippen LogP contribution in [0.1, 0.15) is 18.2 Å². The average Bonchev–Trinajstić information content (AvgIpc) is 2.47. The predicted octanol–water partition coefficient (Wildman–Crippen LogP) is 4.59. The van der Waals surface area contributed by atoms with E-state index in [-0.39, 0.29) is 0 Å². The molecule has 0 radical (unpaired) electrons. The molecule has 2 nitrogen and oxygen atoms in total. The van der Waals surface area contributed by atoms with Crippen LogP contribution in [0.25, 0.3) is 17.2 Å². The molecule has 2 aromatic rings. The molecule has 0 atom stereocenters. The lowest BCUT2D eigenvalue weighted by atomic mass is 10.2. The number of halogens is 2. The van der Waals surface area contributed by atoms with Gasteiger partial charge in [0, 0.05) is 0 Å². The van der Waals surface area contributed by atoms with Crippen LogP contribution in [-0.2, 0) is 0 Å². The fourth-order valence-electron chi connectivity index (χ4n) is 1.43. The monoisotopic (exact) mass is 285 g/mol. The summed E-state index contributed by atoms with van der Waals surface area (Å²) in [4.78, 5) is 4.23. The fraction of sp³-hybridized carbons (Fsp3) is 0.182. The maximum Gasteiger partial charge on any atom is 0.157 e. The van der Waals surface area contributed by atoms with Gasteiger partial charge in [0.25, 0.3) is 0 Å². The lowest BCUT2D eigenvalue weighted by molar-refractivity contribution is 0.599. The first-order chi connectivity index (χ1) is 7.13. The number of aryl methyl sites for hydroxylation is 1. The van der Waals surface area contributed by atoms with Crippen molar-refractivity contribution in [3.63, 3.8) is 0 Å². The summed E-state index contributed by atoms with van der Waals surface area (Å²) in [5.74, 6) is 0.769. The average molecular weight is 287 g/mol. The lowest BCUT2D eigenvalue weighted by Gasteiger charge is -1.94. The Hall–Kier alpha value is -0.800. The predicted molar refractivity (Wildman–Crippen MR) is 66.2 cm³/mol. The molecule has 2 heterocycles. The molecule has 0 aliphatic heterocycles. The van der Waals surface area contributed by atoms with E-state index in [1.807, 2.05) is 26.0 Å². The molecule has 0 fully saturated rings. The number of allylic oxidation sites excluding steroid dienone is 1. The molecule has 78 valence electrons. The van der Waals surface area contributed by atoms with Gasteiger partial charge in [0.2, 0.25) is 0 Å². The first-order valence-electron chi connectivity index (χ1n) is 4.51. The Morgan fingerprint density at radius 1 is 1.53 bits per heavy atom. The van der Waals surface area contributed by atoms with Crippen LogP contribution in [0.3, 0.4) is 0 Å². The van der Waals surface area contributed by atoms with Crippen LogP contribution in [0.15, 0.2) is 21.0 Å². The third kappa shape index (κ3) is 1.82. The second-order valence-corrected chi connectivity index (χ2v) is 4.40. The zero-order valence-electron chi connectivity index (χ0n) is 8.34. The molecule has 0 saturated heterocycles. The summed E-state index contributed by atoms with van der Waals surface area (Å²) < 4.78 is 6.52. The highest BCUT2D eigenvalue weighted by Gasteiger charge is 2.13. The van der Waals surface area contributed by atoms with E-state index in [1.54, 1.807) is 6.07 Å². The lowest BCUT2D eigenvalue weighted by Crippen LogP contribution is -1.79. The van der Waals surface area contributed by atoms with Crippen molar-refractivity contribution in [2.45, 2.75) is 13.8 Å². The number of aromatic nitrogens is 1. The number of hydrogen-bond acceptors (Lipinski definition) is 2. The highest BCUT2D eigenvalue weighted by molar-refractivity contribution is 9.10. The van der Waals surface area contributed by atoms with Gasteiger partial charge in [0.15, 0.2) is 5.58 Å². The molecule has 0 aliphatic rings. The van der Waals surface area contributed by atoms with Crippen LogP contribution in [-0.4, -0.2) is 4.98 Å². The van der Waals surface area contributed by atoms with Gasteiger partial charge in [-0.15, -0.1) is 0 Å². The van der Waals surface area contributed by atoms with E-state index in [4.69, 9.17) is 16.0 Å². The molecule has 2 rings (SSSR count). The molecule has 2 aromatic heterocycles. The molecule has 15 heavy (non-hydrogen) atoms. The molecule has 0 aromatic carbocycles. The number of nitrogens with zero attached hydrogens (tertiary/aromatic N) is 1. The normalized spacial score (nSPS) is 11.7. The molecular weight excluding hydrogens is 277 g/mol. The Morgan fingerprint density at radius 3 is 2.93 bits per heavy atom. The number of rotatable bonds is 1. The summed E-state index contributed by atoms with van der Waals surface area (Å²) in [7, 11) is 0. The minimum Gasteiger partial charge on any atom is -0.454 e. The van der Waals surface area contributed by atoms with E-state index in [0.717, 1.165) is 26.9 Å². The maximum absolute atomic E-state index is 5.89. The standard InChI is InChI=1S/C11H9BrClNO/c1-3-4-7-9(12)10-11(15-7)6(2)5-8(13)14-10/h3-5H,1-2H3/b4-3-. The molecule has 0 N–H and O–H groups in total. The molecule has 0 bridgehead atoms. The number of fused-ring (bicyclic) bond motifs is 1. The first-order valence-corrected chi connectivity index (χ1v) is 5.68. The van der Waals surface area contributed by atoms with E-state index >= 15 is 0 Å². The van der Waals surface area contributed by atoms with Crippen molar-refractivity contribution in [2.24, 2.45) is 0 Å². The topological polar surface area (TPSA) is 26.0 Å². The summed E-state index contributed by atoms with van der Waals surface area (Å²) in [6.07, 6.45) is 3.80. The largest absolute Gasteiger partial charge is 0.454 e. The highest BCUT2D eigenvalue weighted by Crippen LogP contribution is 2.33. The van der Waals surface area contributed by atoms with Crippen molar-refractivity contribution >= 4 is 44.7 Å². The van der Waals surface area contributed by atoms with Crippen LogP contribution in [0.5, 0.6) is 0 Å². The van der Waals surface area contributed by atoms with Gasteiger partial charge in [-0.2, -0.15) is 0 Å². The number of hydrogen-bond donors (Lipinski definition) is 0. The van der Waals surface area contributed by atoms with Gasteiger partial charge in [-0.3, -0.25) is 0 Å². The third-order valence-electron chi connectivity index (χ3n) is 2.08. The number of pyridine rings is 1. The summed E-state index contributed by atoms with van der Waals surface area (Å²) in [5.41, 5.74) is 2.54. The summed E-state index contributed by atoms with van der Waals surface area (Å²) in [6.45, 7) is 3.89. The van der Waals surface area contributed by atoms with Crippen molar-refractivity contribution in [1.82, 2.24) is 4.98 Å². The molecule has 0 unspecified atom stereocenters. The van der Waals surface area contributed by atoms with Gasteiger partial charge in [-0.25, -0.2) is 4.98 Å². The van der Waals surface area contributed by atoms with Crippen LogP contribution in [0.2, 0.25) is 5.15 Å². The van der Waals surface area contributed by atoms with E-state index < -0.39 is 0 Å². The van der Waals surface area contributed by atoms with Crippen molar-refractivity contribution in [2.75, 3.05) is 0 Å². The minimum absolute atomic E-state index is 0.480. The SMILES string of the molecule is C/C=C\c1oc2c(C)cc(Cl)nc2c1Br. The molecule has 0 spiro atoms. The van der Waals surface area contributed by atoms with E-state index in [2.05, 4.69) is 20.9 Å². The van der Waals surface area contributed by atoms with E-state index in [0.29, 0.717) is 5.15 Å². The van der Waals surface area contributed by atoms with Crippen LogP contribution < -0.4 is 0 Å². The zero-order chi connectivity index (χ0) is 11.0. The van der Waals surface area contributed by atoms with E-state index in [1.165, 1.54) is 0 Å². The van der Waals surface area contributed by atoms with E-state index in [9.17, 15) is 0 Å². The van der Waals surface area contributed by atoms with Gasteiger partial charge in [0.05, 0.1) is 4.47 Å². The molecule has 0 aliphatic carbocycles. The van der Waals surface area contributed by atoms with Crippen molar-refractivity contribution < 1.29 is 4.42 Å². The smallest absolute Gasteiger partial charge is 0.157 e. The summed E-state index contributed by atoms with van der Waals surface area (Å²) >= 11 is 9.35. The number of furan rings is 1. The third-order valence-corrected chi connectivity index (χ3v) is 3.04. The van der Waals surface area contributed by atoms with Crippen molar-refractivity contribution in [3.8, 4) is 0 Å². The fourth-order valence-corrected chi connectivity index (χ4v) is 2.16. The van der Waals surface area contributed by atoms with Gasteiger partial charge in [0.1, 0.15) is 16.4 Å². The maximum atomic E-state index is 5.89. The van der Waals surface area contributed by atoms with Gasteiger partial charge in [-0.1, -0.05) is 17.7 Å². The second-order valence-electron chi connectivity index (χ2n) is 3.22. The van der Waals surface area contributed by atoms with Gasteiger partial charge < -0.3 is 4.42 Å². The Morgan fingerprint density at radius 2 is 2.27 bits per heavy atom. The minimum atomic E-state index is 0.480. The second kappa shape index (κ2) is 3.99. The zero-order valence-corrected chi connectivity index (χ0v) is 10.7. The molecular formula is C11H9BrClNO. The summed E-state index contributed by atoms with van der Waals surface area (Å²) in [5, 5.41) is 0.480. The van der Waals surface area contributed by atoms with Gasteiger partial charge in [-0.05, 0) is 47.5 Å². The quantitative estimate of drug-likeness (QED) is 0.717. The van der Waals surface area contributed by atoms with Crippen LogP contribution in [0, 0.1) is 6.92 Å². The highest BCUT2D eigenvalue weighted by atomic mass is 79.9. The Labute approximate surface area is 101 Å². The van der Waals surface area contributed by atoms with Gasteiger partial charge >= 0.3 is 0 Å². The molecule has 0 saturated carbocycles. The molecule has 0 amide bonds. The van der Waals surface area contributed by atoms with Crippen LogP contribution in [0.4, 0.5) is 0 Å². The van der Waals surface area contributed by atoms with Crippen molar-refractivity contribution in [1.29, 1.82) is 0 Å². The first kappa shape index (κ1) is 10.7. The molecule has 4 heteroatoms.